The SMILES string of the molecule is Cc1cc(Br)cc(C)c1NS(=O)(=O)c1c(C)csc1CO. The van der Waals surface area contributed by atoms with Gasteiger partial charge in [-0.1, -0.05) is 15.9 Å². The van der Waals surface area contributed by atoms with Gasteiger partial charge in [-0.15, -0.1) is 11.3 Å². The van der Waals surface area contributed by atoms with Gasteiger partial charge in [-0.25, -0.2) is 8.42 Å². The summed E-state index contributed by atoms with van der Waals surface area (Å²) in [5.41, 5.74) is 2.89. The van der Waals surface area contributed by atoms with Crippen LogP contribution >= 0.6 is 27.3 Å². The van der Waals surface area contributed by atoms with E-state index in [2.05, 4.69) is 20.7 Å². The zero-order valence-corrected chi connectivity index (χ0v) is 15.1. The molecule has 1 aromatic heterocycles. The Morgan fingerprint density at radius 3 is 2.29 bits per heavy atom. The third-order valence-electron chi connectivity index (χ3n) is 3.14. The van der Waals surface area contributed by atoms with Gasteiger partial charge in [-0.05, 0) is 55.0 Å². The Hall–Kier alpha value is -0.890. The molecule has 114 valence electrons. The maximum Gasteiger partial charge on any atom is 0.263 e. The zero-order valence-electron chi connectivity index (χ0n) is 11.9. The van der Waals surface area contributed by atoms with E-state index in [9.17, 15) is 13.5 Å². The summed E-state index contributed by atoms with van der Waals surface area (Å²) in [6.45, 7) is 5.14. The Morgan fingerprint density at radius 1 is 1.19 bits per heavy atom. The second kappa shape index (κ2) is 6.08. The van der Waals surface area contributed by atoms with Crippen LogP contribution < -0.4 is 4.72 Å². The zero-order chi connectivity index (χ0) is 15.8. The number of aliphatic hydroxyl groups is 1. The molecule has 21 heavy (non-hydrogen) atoms. The number of halogens is 1. The minimum atomic E-state index is -3.72. The van der Waals surface area contributed by atoms with Gasteiger partial charge in [-0.3, -0.25) is 4.72 Å². The lowest BCUT2D eigenvalue weighted by atomic mass is 10.1. The number of aryl methyl sites for hydroxylation is 3. The number of hydrogen-bond donors (Lipinski definition) is 2. The van der Waals surface area contributed by atoms with Crippen LogP contribution in [0.25, 0.3) is 0 Å². The number of benzene rings is 1. The lowest BCUT2D eigenvalue weighted by Gasteiger charge is -2.14. The molecule has 0 aliphatic rings. The Morgan fingerprint density at radius 2 is 1.76 bits per heavy atom. The van der Waals surface area contributed by atoms with Crippen molar-refractivity contribution in [2.75, 3.05) is 4.72 Å². The van der Waals surface area contributed by atoms with E-state index in [1.807, 2.05) is 26.0 Å². The second-order valence-corrected chi connectivity index (χ2v) is 8.35. The van der Waals surface area contributed by atoms with Crippen LogP contribution in [-0.2, 0) is 16.6 Å². The molecule has 0 unspecified atom stereocenters. The standard InChI is InChI=1S/C14H16BrNO3S2/c1-8-4-11(15)5-9(2)13(8)16-21(18,19)14-10(3)7-20-12(14)6-17/h4-5,7,16-17H,6H2,1-3H3. The van der Waals surface area contributed by atoms with Gasteiger partial charge in [0, 0.05) is 4.47 Å². The molecular formula is C14H16BrNO3S2. The fourth-order valence-corrected chi connectivity index (χ4v) is 5.77. The molecule has 1 heterocycles. The number of thiophene rings is 1. The van der Waals surface area contributed by atoms with Crippen LogP contribution in [0.15, 0.2) is 26.9 Å². The van der Waals surface area contributed by atoms with Crippen molar-refractivity contribution in [2.24, 2.45) is 0 Å². The maximum absolute atomic E-state index is 12.6. The van der Waals surface area contributed by atoms with Crippen molar-refractivity contribution in [3.8, 4) is 0 Å². The van der Waals surface area contributed by atoms with Crippen molar-refractivity contribution in [1.82, 2.24) is 0 Å². The molecule has 2 N–H and O–H groups in total. The van der Waals surface area contributed by atoms with Crippen molar-refractivity contribution in [2.45, 2.75) is 32.3 Å². The number of nitrogens with one attached hydrogen (secondary N) is 1. The first-order valence-electron chi connectivity index (χ1n) is 6.23. The van der Waals surface area contributed by atoms with Gasteiger partial charge in [0.15, 0.2) is 0 Å². The summed E-state index contributed by atoms with van der Waals surface area (Å²) >= 11 is 4.64. The molecule has 0 radical (unpaired) electrons. The Labute approximate surface area is 137 Å². The van der Waals surface area contributed by atoms with Crippen molar-refractivity contribution >= 4 is 43.0 Å². The summed E-state index contributed by atoms with van der Waals surface area (Å²) in [6, 6.07) is 3.72. The number of rotatable bonds is 4. The molecule has 1 aromatic carbocycles. The molecular weight excluding hydrogens is 374 g/mol. The molecule has 7 heteroatoms. The molecule has 0 bridgehead atoms. The molecule has 0 atom stereocenters. The Balaban J connectivity index is 2.50. The predicted molar refractivity (Wildman–Crippen MR) is 89.4 cm³/mol. The summed E-state index contributed by atoms with van der Waals surface area (Å²) in [5, 5.41) is 11.1. The number of hydrogen-bond acceptors (Lipinski definition) is 4. The normalized spacial score (nSPS) is 11.7. The maximum atomic E-state index is 12.6. The van der Waals surface area contributed by atoms with Crippen LogP contribution in [0.4, 0.5) is 5.69 Å². The van der Waals surface area contributed by atoms with Crippen molar-refractivity contribution in [3.05, 3.63) is 43.6 Å². The monoisotopic (exact) mass is 389 g/mol. The molecule has 0 aliphatic heterocycles. The van der Waals surface area contributed by atoms with Crippen molar-refractivity contribution in [1.29, 1.82) is 0 Å². The molecule has 2 rings (SSSR count). The summed E-state index contributed by atoms with van der Waals surface area (Å²) in [6.07, 6.45) is 0. The fraction of sp³-hybridized carbons (Fsp3) is 0.286. The minimum Gasteiger partial charge on any atom is -0.391 e. The predicted octanol–water partition coefficient (Wildman–Crippen LogP) is 3.73. The van der Waals surface area contributed by atoms with E-state index in [4.69, 9.17) is 0 Å². The van der Waals surface area contributed by atoms with Gasteiger partial charge in [-0.2, -0.15) is 0 Å². The van der Waals surface area contributed by atoms with Gasteiger partial charge < -0.3 is 5.11 Å². The summed E-state index contributed by atoms with van der Waals surface area (Å²) < 4.78 is 28.8. The topological polar surface area (TPSA) is 66.4 Å². The highest BCUT2D eigenvalue weighted by Crippen LogP contribution is 2.31. The lowest BCUT2D eigenvalue weighted by Crippen LogP contribution is -2.16. The number of aliphatic hydroxyl groups excluding tert-OH is 1. The van der Waals surface area contributed by atoms with Gasteiger partial charge in [0.05, 0.1) is 17.2 Å². The third kappa shape index (κ3) is 3.31. The minimum absolute atomic E-state index is 0.178. The molecule has 0 amide bonds. The quantitative estimate of drug-likeness (QED) is 0.836. The number of anilines is 1. The van der Waals surface area contributed by atoms with Gasteiger partial charge in [0.2, 0.25) is 0 Å². The first kappa shape index (κ1) is 16.5. The lowest BCUT2D eigenvalue weighted by molar-refractivity contribution is 0.282. The van der Waals surface area contributed by atoms with E-state index < -0.39 is 10.0 Å². The molecule has 0 aliphatic carbocycles. The summed E-state index contributed by atoms with van der Waals surface area (Å²) in [5.74, 6) is 0. The van der Waals surface area contributed by atoms with E-state index in [-0.39, 0.29) is 11.5 Å². The Bertz CT molecular complexity index is 759. The van der Waals surface area contributed by atoms with E-state index in [1.165, 1.54) is 11.3 Å². The van der Waals surface area contributed by atoms with Crippen LogP contribution in [0.2, 0.25) is 0 Å². The van der Waals surface area contributed by atoms with E-state index in [0.29, 0.717) is 16.1 Å². The summed E-state index contributed by atoms with van der Waals surface area (Å²) in [7, 11) is -3.72. The largest absolute Gasteiger partial charge is 0.391 e. The van der Waals surface area contributed by atoms with Crippen LogP contribution in [0.1, 0.15) is 21.6 Å². The van der Waals surface area contributed by atoms with E-state index in [0.717, 1.165) is 15.6 Å². The molecule has 0 spiro atoms. The van der Waals surface area contributed by atoms with Gasteiger partial charge in [0.25, 0.3) is 10.0 Å². The first-order valence-corrected chi connectivity index (χ1v) is 9.39. The molecule has 0 saturated heterocycles. The first-order chi connectivity index (χ1) is 9.76. The highest BCUT2D eigenvalue weighted by Gasteiger charge is 2.24. The summed E-state index contributed by atoms with van der Waals surface area (Å²) in [4.78, 5) is 0.629. The molecule has 0 saturated carbocycles. The van der Waals surface area contributed by atoms with Crippen molar-refractivity contribution < 1.29 is 13.5 Å². The third-order valence-corrected chi connectivity index (χ3v) is 6.39. The number of sulfonamides is 1. The van der Waals surface area contributed by atoms with Crippen LogP contribution in [-0.4, -0.2) is 13.5 Å². The van der Waals surface area contributed by atoms with Gasteiger partial charge >= 0.3 is 0 Å². The average Bonchev–Trinajstić information content (AvgIpc) is 2.76. The van der Waals surface area contributed by atoms with E-state index in [1.54, 1.807) is 12.3 Å². The fourth-order valence-electron chi connectivity index (χ4n) is 2.21. The highest BCUT2D eigenvalue weighted by atomic mass is 79.9. The van der Waals surface area contributed by atoms with Crippen LogP contribution in [0.3, 0.4) is 0 Å². The highest BCUT2D eigenvalue weighted by molar-refractivity contribution is 9.10. The molecule has 0 fully saturated rings. The smallest absolute Gasteiger partial charge is 0.263 e. The van der Waals surface area contributed by atoms with Crippen LogP contribution in [0, 0.1) is 20.8 Å². The molecule has 4 nitrogen and oxygen atoms in total. The average molecular weight is 390 g/mol. The van der Waals surface area contributed by atoms with Crippen molar-refractivity contribution in [3.63, 3.8) is 0 Å². The van der Waals surface area contributed by atoms with Crippen LogP contribution in [0.5, 0.6) is 0 Å². The van der Waals surface area contributed by atoms with E-state index >= 15 is 0 Å². The molecule has 2 aromatic rings. The Kier molecular flexibility index (Phi) is 4.77. The van der Waals surface area contributed by atoms with Gasteiger partial charge in [0.1, 0.15) is 4.90 Å². The second-order valence-electron chi connectivity index (χ2n) is 4.85.